The quantitative estimate of drug-likeness (QED) is 0.402. The van der Waals surface area contributed by atoms with Gasteiger partial charge in [-0.15, -0.1) is 0 Å². The van der Waals surface area contributed by atoms with Crippen LogP contribution >= 0.6 is 23.2 Å². The van der Waals surface area contributed by atoms with Gasteiger partial charge >= 0.3 is 83.4 Å². The molecule has 0 saturated carbocycles. The van der Waals surface area contributed by atoms with E-state index in [9.17, 15) is 35.9 Å². The summed E-state index contributed by atoms with van der Waals surface area (Å²) >= 11 is 11.2. The van der Waals surface area contributed by atoms with E-state index in [-0.39, 0.29) is 70.2 Å². The molecule has 0 saturated heterocycles. The summed E-state index contributed by atoms with van der Waals surface area (Å²) in [5.41, 5.74) is 0.179. The van der Waals surface area contributed by atoms with Crippen molar-refractivity contribution < 1.29 is 105 Å². The van der Waals surface area contributed by atoms with Crippen LogP contribution in [0.2, 0.25) is 10.0 Å². The third-order valence-electron chi connectivity index (χ3n) is 5.02. The Morgan fingerprint density at radius 1 is 0.639 bits per heavy atom. The number of hydrogen-bond donors (Lipinski definition) is 2. The van der Waals surface area contributed by atoms with Gasteiger partial charge in [-0.05, 0) is 35.4 Å². The molecule has 0 aliphatic carbocycles. The number of hydrogen-bond acceptors (Lipinski definition) is 2. The fourth-order valence-corrected chi connectivity index (χ4v) is 3.26. The zero-order valence-corrected chi connectivity index (χ0v) is 25.2. The van der Waals surface area contributed by atoms with Crippen LogP contribution in [-0.2, 0) is 9.59 Å². The average molecular weight is 579 g/mol. The summed E-state index contributed by atoms with van der Waals surface area (Å²) in [7, 11) is 0. The van der Waals surface area contributed by atoms with E-state index in [2.05, 4.69) is 0 Å². The minimum Gasteiger partial charge on any atom is -0.481 e. The third-order valence-corrected chi connectivity index (χ3v) is 5.53. The second-order valence-corrected chi connectivity index (χ2v) is 8.27. The van der Waals surface area contributed by atoms with Crippen molar-refractivity contribution in [2.24, 2.45) is 11.8 Å². The fraction of sp³-hybridized carbons (Fsp3) is 0.364. The van der Waals surface area contributed by atoms with Crippen LogP contribution in [0.3, 0.4) is 0 Å². The predicted molar refractivity (Wildman–Crippen MR) is 114 cm³/mol. The van der Waals surface area contributed by atoms with E-state index < -0.39 is 48.0 Å². The van der Waals surface area contributed by atoms with Gasteiger partial charge in [0.25, 0.3) is 0 Å². The molecule has 0 heterocycles. The first-order valence-corrected chi connectivity index (χ1v) is 10.3. The topological polar surface area (TPSA) is 74.6 Å². The summed E-state index contributed by atoms with van der Waals surface area (Å²) in [5, 5.41) is 18.5. The van der Waals surface area contributed by atoms with Crippen molar-refractivity contribution in [1.82, 2.24) is 0 Å². The van der Waals surface area contributed by atoms with Gasteiger partial charge < -0.3 is 10.2 Å². The van der Waals surface area contributed by atoms with Crippen LogP contribution in [0.4, 0.5) is 26.3 Å². The van der Waals surface area contributed by atoms with E-state index in [0.717, 1.165) is 13.8 Å². The molecule has 0 aliphatic rings. The van der Waals surface area contributed by atoms with E-state index in [4.69, 9.17) is 33.4 Å². The Balaban J connectivity index is 0. The first kappa shape index (κ1) is 37.7. The van der Waals surface area contributed by atoms with E-state index in [1.165, 1.54) is 48.5 Å². The number of carbonyl (C=O) groups is 2. The Hall–Kier alpha value is -0.460. The molecule has 0 radical (unpaired) electrons. The molecular formula is C22H20Cl2F6Na2O4+2. The monoisotopic (exact) mass is 578 g/mol. The number of alkyl halides is 6. The summed E-state index contributed by atoms with van der Waals surface area (Å²) in [6.07, 6.45) is -9.11. The summed E-state index contributed by atoms with van der Waals surface area (Å²) in [5.74, 6) is -10.2. The molecule has 14 heteroatoms. The molecule has 0 unspecified atom stereocenters. The summed E-state index contributed by atoms with van der Waals surface area (Å²) in [4.78, 5) is 21.9. The number of carboxylic acids is 2. The van der Waals surface area contributed by atoms with Gasteiger partial charge in [0.05, 0.1) is 23.7 Å². The number of benzene rings is 2. The molecule has 0 spiro atoms. The summed E-state index contributed by atoms with van der Waals surface area (Å²) in [6, 6.07) is 10.7. The molecule has 0 bridgehead atoms. The molecule has 36 heavy (non-hydrogen) atoms. The van der Waals surface area contributed by atoms with E-state index in [1.807, 2.05) is 0 Å². The molecule has 188 valence electrons. The Labute approximate surface area is 257 Å². The number of carboxylic acid groups (broad SMARTS) is 2. The minimum absolute atomic E-state index is 0. The van der Waals surface area contributed by atoms with E-state index in [1.54, 1.807) is 0 Å². The molecule has 2 N–H and O–H groups in total. The molecule has 2 rings (SSSR count). The first-order valence-electron chi connectivity index (χ1n) is 9.56. The van der Waals surface area contributed by atoms with Crippen LogP contribution < -0.4 is 59.1 Å². The minimum atomic E-state index is -4.55. The molecule has 2 aromatic rings. The van der Waals surface area contributed by atoms with Gasteiger partial charge in [-0.2, -0.15) is 26.3 Å². The Kier molecular flexibility index (Phi) is 16.6. The zero-order chi connectivity index (χ0) is 26.4. The van der Waals surface area contributed by atoms with Crippen LogP contribution in [0.15, 0.2) is 48.5 Å². The van der Waals surface area contributed by atoms with Crippen LogP contribution in [0.25, 0.3) is 0 Å². The summed E-state index contributed by atoms with van der Waals surface area (Å²) in [6.45, 7) is 1.71. The van der Waals surface area contributed by atoms with Crippen molar-refractivity contribution >= 4 is 35.1 Å². The fourth-order valence-electron chi connectivity index (χ4n) is 3.01. The van der Waals surface area contributed by atoms with Gasteiger partial charge in [-0.3, -0.25) is 9.59 Å². The Morgan fingerprint density at radius 3 is 1.03 bits per heavy atom. The molecule has 2 aromatic carbocycles. The van der Waals surface area contributed by atoms with Crippen LogP contribution in [0.5, 0.6) is 0 Å². The van der Waals surface area contributed by atoms with E-state index >= 15 is 0 Å². The van der Waals surface area contributed by atoms with Gasteiger partial charge in [-0.1, -0.05) is 61.3 Å². The molecule has 4 atom stereocenters. The van der Waals surface area contributed by atoms with Crippen LogP contribution in [-0.4, -0.2) is 34.5 Å². The number of aliphatic carboxylic acids is 2. The van der Waals surface area contributed by atoms with Crippen molar-refractivity contribution in [2.45, 2.75) is 38.0 Å². The Bertz CT molecular complexity index is 891. The molecule has 4 nitrogen and oxygen atoms in total. The SMILES string of the molecule is C[C@@H]([C@@H](C(=O)O)c1ccc(Cl)cc1)C(F)(F)F.C[C@H]([C@H](C(=O)O)c1ccc(Cl)cc1)C(F)(F)F.[Na+].[Na+]. The predicted octanol–water partition coefficient (Wildman–Crippen LogP) is 1.42. The molecular weight excluding hydrogens is 559 g/mol. The molecule has 0 aromatic heterocycles. The standard InChI is InChI=1S/2C11H10ClF3O2.2Na/c2*1-6(11(13,14)15)9(10(16)17)7-2-4-8(12)5-3-7;;/h2*2-6,9H,1H3,(H,16,17);;/q;;2*+1/t2*6-,9+;;/m10../s1. The van der Waals surface area contributed by atoms with Crippen LogP contribution in [0.1, 0.15) is 36.8 Å². The maximum atomic E-state index is 12.5. The van der Waals surface area contributed by atoms with Crippen molar-refractivity contribution in [3.05, 3.63) is 69.7 Å². The summed E-state index contributed by atoms with van der Waals surface area (Å²) < 4.78 is 75.2. The normalized spacial score (nSPS) is 14.5. The third kappa shape index (κ3) is 11.5. The smallest absolute Gasteiger partial charge is 0.481 e. The second kappa shape index (κ2) is 15.8. The Morgan fingerprint density at radius 2 is 0.861 bits per heavy atom. The van der Waals surface area contributed by atoms with Gasteiger partial charge in [-0.25, -0.2) is 0 Å². The van der Waals surface area contributed by atoms with E-state index in [0.29, 0.717) is 10.0 Å². The van der Waals surface area contributed by atoms with Crippen molar-refractivity contribution in [2.75, 3.05) is 0 Å². The zero-order valence-electron chi connectivity index (χ0n) is 19.7. The van der Waals surface area contributed by atoms with Gasteiger partial charge in [0.15, 0.2) is 0 Å². The van der Waals surface area contributed by atoms with Crippen molar-refractivity contribution in [3.63, 3.8) is 0 Å². The van der Waals surface area contributed by atoms with Crippen LogP contribution in [0, 0.1) is 11.8 Å². The first-order chi connectivity index (χ1) is 15.5. The van der Waals surface area contributed by atoms with Gasteiger partial charge in [0.2, 0.25) is 0 Å². The molecule has 0 fully saturated rings. The molecule has 0 aliphatic heterocycles. The maximum Gasteiger partial charge on any atom is 1.00 e. The second-order valence-electron chi connectivity index (χ2n) is 7.40. The van der Waals surface area contributed by atoms with Gasteiger partial charge in [0, 0.05) is 10.0 Å². The average Bonchev–Trinajstić information content (AvgIpc) is 2.70. The molecule has 0 amide bonds. The number of rotatable bonds is 6. The number of halogens is 8. The largest absolute Gasteiger partial charge is 1.00 e. The van der Waals surface area contributed by atoms with Crippen molar-refractivity contribution in [1.29, 1.82) is 0 Å². The van der Waals surface area contributed by atoms with Crippen molar-refractivity contribution in [3.8, 4) is 0 Å². The van der Waals surface area contributed by atoms with Gasteiger partial charge in [0.1, 0.15) is 0 Å². The maximum absolute atomic E-state index is 12.5.